The zero-order chi connectivity index (χ0) is 18.4. The molecule has 3 aliphatic heterocycles. The largest absolute Gasteiger partial charge is 0.451 e. The van der Waals surface area contributed by atoms with E-state index in [1.807, 2.05) is 24.4 Å². The molecule has 27 heavy (non-hydrogen) atoms. The number of benzene rings is 1. The van der Waals surface area contributed by atoms with Crippen LogP contribution in [0.15, 0.2) is 49.2 Å². The lowest BCUT2D eigenvalue weighted by molar-refractivity contribution is -0.949. The smallest absolute Gasteiger partial charge is 0.309 e. The number of nitrogens with zero attached hydrogens (tertiary/aromatic N) is 1. The molecule has 4 heteroatoms. The number of rotatable bonds is 5. The number of hydrogen-bond acceptors (Lipinski definition) is 3. The number of para-hydroxylation sites is 1. The molecular formula is C23H27N2O2+. The van der Waals surface area contributed by atoms with Crippen molar-refractivity contribution in [2.75, 3.05) is 13.1 Å². The normalized spacial score (nSPS) is 30.8. The first-order chi connectivity index (χ1) is 13.2. The van der Waals surface area contributed by atoms with Crippen molar-refractivity contribution in [1.82, 2.24) is 4.98 Å². The summed E-state index contributed by atoms with van der Waals surface area (Å²) in [6.45, 7) is 6.32. The summed E-state index contributed by atoms with van der Waals surface area (Å²) in [7, 11) is 0. The Bertz CT molecular complexity index is 870. The van der Waals surface area contributed by atoms with Gasteiger partial charge in [0.15, 0.2) is 6.10 Å². The van der Waals surface area contributed by atoms with E-state index < -0.39 is 0 Å². The van der Waals surface area contributed by atoms with Gasteiger partial charge in [-0.15, -0.1) is 6.58 Å². The standard InChI is InChI=1S/C23H26N2O2/c1-2-15-14-25-12-10-17(15)13-21(25)22(27-23(26)16-7-8-16)19-9-11-24-20-6-4-3-5-18(19)20/h2-6,9,11,15-17,21-22H,1,7-8,10,12-14H2/p+1/t15-,17+,21-,22+/m0/s1. The molecule has 4 nitrogen and oxygen atoms in total. The lowest BCUT2D eigenvalue weighted by Gasteiger charge is -2.48. The van der Waals surface area contributed by atoms with E-state index in [-0.39, 0.29) is 18.0 Å². The highest BCUT2D eigenvalue weighted by Crippen LogP contribution is 2.38. The Hall–Kier alpha value is -2.20. The van der Waals surface area contributed by atoms with Crippen molar-refractivity contribution in [2.45, 2.75) is 37.8 Å². The second-order valence-corrected chi connectivity index (χ2v) is 8.45. The summed E-state index contributed by atoms with van der Waals surface area (Å²) in [4.78, 5) is 18.7. The molecule has 140 valence electrons. The van der Waals surface area contributed by atoms with Gasteiger partial charge in [0.2, 0.25) is 0 Å². The minimum absolute atomic E-state index is 0.0109. The van der Waals surface area contributed by atoms with Crippen LogP contribution >= 0.6 is 0 Å². The Kier molecular flexibility index (Phi) is 4.24. The number of carbonyl (C=O) groups is 1. The summed E-state index contributed by atoms with van der Waals surface area (Å²) < 4.78 is 6.22. The molecule has 1 unspecified atom stereocenters. The Balaban J connectivity index is 1.53. The Morgan fingerprint density at radius 2 is 2.11 bits per heavy atom. The first kappa shape index (κ1) is 16.9. The van der Waals surface area contributed by atoms with Gasteiger partial charge in [-0.3, -0.25) is 9.78 Å². The van der Waals surface area contributed by atoms with E-state index in [0.717, 1.165) is 42.3 Å². The van der Waals surface area contributed by atoms with Gasteiger partial charge in [-0.25, -0.2) is 0 Å². The van der Waals surface area contributed by atoms with E-state index >= 15 is 0 Å². The van der Waals surface area contributed by atoms with E-state index in [2.05, 4.69) is 29.8 Å². The monoisotopic (exact) mass is 363 g/mol. The third-order valence-corrected chi connectivity index (χ3v) is 6.83. The maximum absolute atomic E-state index is 12.6. The third-order valence-electron chi connectivity index (χ3n) is 6.83. The molecule has 1 N–H and O–H groups in total. The fourth-order valence-corrected chi connectivity index (χ4v) is 5.16. The summed E-state index contributed by atoms with van der Waals surface area (Å²) in [5.74, 6) is 1.37. The van der Waals surface area contributed by atoms with Gasteiger partial charge in [0.25, 0.3) is 0 Å². The molecule has 4 heterocycles. The average Bonchev–Trinajstić information content (AvgIpc) is 3.57. The maximum Gasteiger partial charge on any atom is 0.309 e. The van der Waals surface area contributed by atoms with Crippen LogP contribution in [0.25, 0.3) is 10.9 Å². The SMILES string of the molecule is C=C[C@H]1C[NH+]2CC[C@@H]1C[C@H]2[C@H](OC(=O)C1CC1)c1ccnc2ccccc12. The van der Waals surface area contributed by atoms with Gasteiger partial charge in [0.1, 0.15) is 6.04 Å². The van der Waals surface area contributed by atoms with Crippen LogP contribution in [0.4, 0.5) is 0 Å². The number of nitrogens with one attached hydrogen (secondary N) is 1. The van der Waals surface area contributed by atoms with E-state index in [0.29, 0.717) is 17.9 Å². The van der Waals surface area contributed by atoms with Crippen LogP contribution in [-0.4, -0.2) is 30.1 Å². The molecule has 4 aliphatic rings. The Morgan fingerprint density at radius 1 is 1.26 bits per heavy atom. The van der Waals surface area contributed by atoms with Gasteiger partial charge in [0, 0.05) is 35.9 Å². The first-order valence-corrected chi connectivity index (χ1v) is 10.3. The molecule has 3 saturated heterocycles. The molecule has 1 saturated carbocycles. The van der Waals surface area contributed by atoms with Crippen molar-refractivity contribution in [1.29, 1.82) is 0 Å². The molecule has 6 rings (SSSR count). The van der Waals surface area contributed by atoms with Gasteiger partial charge in [0.05, 0.1) is 24.5 Å². The number of carbonyl (C=O) groups excluding carboxylic acids is 1. The van der Waals surface area contributed by atoms with Crippen molar-refractivity contribution >= 4 is 16.9 Å². The van der Waals surface area contributed by atoms with Gasteiger partial charge >= 0.3 is 5.97 Å². The van der Waals surface area contributed by atoms with Crippen LogP contribution in [0.5, 0.6) is 0 Å². The van der Waals surface area contributed by atoms with Gasteiger partial charge in [-0.05, 0) is 30.9 Å². The molecule has 2 aromatic rings. The molecule has 5 atom stereocenters. The lowest BCUT2D eigenvalue weighted by Crippen LogP contribution is -3.20. The van der Waals surface area contributed by atoms with Crippen molar-refractivity contribution in [3.05, 3.63) is 54.7 Å². The number of esters is 1. The van der Waals surface area contributed by atoms with Gasteiger partial charge in [-0.2, -0.15) is 0 Å². The van der Waals surface area contributed by atoms with E-state index in [1.165, 1.54) is 13.0 Å². The first-order valence-electron chi connectivity index (χ1n) is 10.3. The molecule has 0 amide bonds. The van der Waals surface area contributed by atoms with E-state index in [4.69, 9.17) is 4.74 Å². The van der Waals surface area contributed by atoms with Crippen molar-refractivity contribution < 1.29 is 14.4 Å². The van der Waals surface area contributed by atoms with Crippen LogP contribution in [0.2, 0.25) is 0 Å². The van der Waals surface area contributed by atoms with Crippen LogP contribution in [-0.2, 0) is 9.53 Å². The summed E-state index contributed by atoms with van der Waals surface area (Å²) in [6.07, 6.45) is 8.11. The minimum Gasteiger partial charge on any atom is -0.451 e. The Labute approximate surface area is 160 Å². The summed E-state index contributed by atoms with van der Waals surface area (Å²) in [5, 5.41) is 1.11. The van der Waals surface area contributed by atoms with E-state index in [9.17, 15) is 4.79 Å². The summed E-state index contributed by atoms with van der Waals surface area (Å²) in [5.41, 5.74) is 2.09. The predicted octanol–water partition coefficient (Wildman–Crippen LogP) is 2.71. The molecule has 1 aromatic carbocycles. The number of piperidine rings is 3. The number of hydrogen-bond donors (Lipinski definition) is 1. The van der Waals surface area contributed by atoms with Crippen molar-refractivity contribution in [3.8, 4) is 0 Å². The highest BCUT2D eigenvalue weighted by molar-refractivity contribution is 5.83. The van der Waals surface area contributed by atoms with Crippen molar-refractivity contribution in [3.63, 3.8) is 0 Å². The fourth-order valence-electron chi connectivity index (χ4n) is 5.16. The zero-order valence-corrected chi connectivity index (χ0v) is 15.6. The van der Waals surface area contributed by atoms with Crippen LogP contribution in [0, 0.1) is 17.8 Å². The number of quaternary nitrogens is 1. The molecule has 1 aliphatic carbocycles. The lowest BCUT2D eigenvalue weighted by atomic mass is 9.73. The average molecular weight is 363 g/mol. The summed E-state index contributed by atoms with van der Waals surface area (Å²) in [6, 6.07) is 10.6. The number of fused-ring (bicyclic) bond motifs is 4. The highest BCUT2D eigenvalue weighted by atomic mass is 16.5. The Morgan fingerprint density at radius 3 is 2.85 bits per heavy atom. The second kappa shape index (κ2) is 6.75. The number of ether oxygens (including phenoxy) is 1. The molecule has 1 aromatic heterocycles. The van der Waals surface area contributed by atoms with Gasteiger partial charge in [-0.1, -0.05) is 24.3 Å². The zero-order valence-electron chi connectivity index (χ0n) is 15.6. The molecule has 4 fully saturated rings. The number of aromatic nitrogens is 1. The number of pyridine rings is 1. The molecule has 0 radical (unpaired) electrons. The van der Waals surface area contributed by atoms with Gasteiger partial charge < -0.3 is 9.64 Å². The van der Waals surface area contributed by atoms with Crippen LogP contribution in [0.3, 0.4) is 0 Å². The molecule has 2 bridgehead atoms. The molecular weight excluding hydrogens is 336 g/mol. The minimum atomic E-state index is -0.186. The fraction of sp³-hybridized carbons (Fsp3) is 0.478. The van der Waals surface area contributed by atoms with Crippen molar-refractivity contribution in [2.24, 2.45) is 17.8 Å². The topological polar surface area (TPSA) is 43.6 Å². The van der Waals surface area contributed by atoms with Crippen LogP contribution in [0.1, 0.15) is 37.4 Å². The van der Waals surface area contributed by atoms with Crippen LogP contribution < -0.4 is 4.90 Å². The van der Waals surface area contributed by atoms with E-state index in [1.54, 1.807) is 4.90 Å². The molecule has 0 spiro atoms. The maximum atomic E-state index is 12.6. The summed E-state index contributed by atoms with van der Waals surface area (Å²) >= 11 is 0. The third kappa shape index (κ3) is 3.06. The highest BCUT2D eigenvalue weighted by Gasteiger charge is 2.48. The quantitative estimate of drug-likeness (QED) is 0.656. The predicted molar refractivity (Wildman–Crippen MR) is 104 cm³/mol. The second-order valence-electron chi connectivity index (χ2n) is 8.45.